The third-order valence-electron chi connectivity index (χ3n) is 4.50. The molecule has 0 bridgehead atoms. The smallest absolute Gasteiger partial charge is 0.138 e. The quantitative estimate of drug-likeness (QED) is 0.551. The highest BCUT2D eigenvalue weighted by Gasteiger charge is 2.08. The summed E-state index contributed by atoms with van der Waals surface area (Å²) >= 11 is 0. The molecule has 1 aromatic carbocycles. The fourth-order valence-electron chi connectivity index (χ4n) is 3.06. The predicted molar refractivity (Wildman–Crippen MR) is 105 cm³/mol. The Balaban J connectivity index is 1.46. The van der Waals surface area contributed by atoms with E-state index in [1.807, 2.05) is 43.5 Å². The summed E-state index contributed by atoms with van der Waals surface area (Å²) in [4.78, 5) is 8.33. The minimum absolute atomic E-state index is 0.0963. The van der Waals surface area contributed by atoms with Crippen molar-refractivity contribution in [3.8, 4) is 16.9 Å². The molecule has 27 heavy (non-hydrogen) atoms. The minimum Gasteiger partial charge on any atom is -0.490 e. The van der Waals surface area contributed by atoms with Gasteiger partial charge in [-0.15, -0.1) is 0 Å². The molecule has 1 atom stereocenters. The molecular formula is C21H21N5O. The van der Waals surface area contributed by atoms with Crippen molar-refractivity contribution in [2.24, 2.45) is 5.73 Å². The van der Waals surface area contributed by atoms with Gasteiger partial charge in [0, 0.05) is 41.3 Å². The minimum atomic E-state index is -0.0963. The number of nitrogens with two attached hydrogens (primary N) is 1. The first-order valence-corrected chi connectivity index (χ1v) is 8.86. The molecule has 3 N–H and O–H groups in total. The fraction of sp³-hybridized carbons (Fsp3) is 0.190. The average molecular weight is 359 g/mol. The normalized spacial score (nSPS) is 12.2. The average Bonchev–Trinajstić information content (AvgIpc) is 3.08. The maximum absolute atomic E-state index is 6.19. The highest BCUT2D eigenvalue weighted by Crippen LogP contribution is 2.27. The molecule has 6 heteroatoms. The van der Waals surface area contributed by atoms with Crippen LogP contribution in [0.2, 0.25) is 0 Å². The van der Waals surface area contributed by atoms with E-state index < -0.39 is 0 Å². The van der Waals surface area contributed by atoms with Gasteiger partial charge in [-0.3, -0.25) is 15.1 Å². The monoisotopic (exact) mass is 359 g/mol. The van der Waals surface area contributed by atoms with E-state index in [2.05, 4.69) is 26.2 Å². The van der Waals surface area contributed by atoms with Crippen LogP contribution in [0.15, 0.2) is 61.2 Å². The lowest BCUT2D eigenvalue weighted by molar-refractivity contribution is 0.286. The van der Waals surface area contributed by atoms with Gasteiger partial charge in [-0.2, -0.15) is 5.10 Å². The highest BCUT2D eigenvalue weighted by atomic mass is 16.5. The molecule has 0 spiro atoms. The summed E-state index contributed by atoms with van der Waals surface area (Å²) < 4.78 is 5.88. The van der Waals surface area contributed by atoms with Crippen molar-refractivity contribution in [1.82, 2.24) is 20.2 Å². The summed E-state index contributed by atoms with van der Waals surface area (Å²) in [5, 5.41) is 8.39. The van der Waals surface area contributed by atoms with Crippen molar-refractivity contribution in [3.05, 3.63) is 72.4 Å². The lowest BCUT2D eigenvalue weighted by Gasteiger charge is -2.13. The number of H-pyrrole nitrogens is 1. The van der Waals surface area contributed by atoms with Gasteiger partial charge < -0.3 is 10.5 Å². The summed E-state index contributed by atoms with van der Waals surface area (Å²) in [7, 11) is 0. The Labute approximate surface area is 157 Å². The lowest BCUT2D eigenvalue weighted by Crippen LogP contribution is -2.30. The van der Waals surface area contributed by atoms with Crippen LogP contribution in [0.25, 0.3) is 22.0 Å². The van der Waals surface area contributed by atoms with E-state index in [4.69, 9.17) is 10.5 Å². The van der Waals surface area contributed by atoms with Crippen LogP contribution in [0.3, 0.4) is 0 Å². The zero-order valence-electron chi connectivity index (χ0n) is 15.1. The molecule has 0 radical (unpaired) electrons. The Hall–Kier alpha value is -3.25. The van der Waals surface area contributed by atoms with Crippen LogP contribution in [-0.4, -0.2) is 32.8 Å². The van der Waals surface area contributed by atoms with Gasteiger partial charge in [0.05, 0.1) is 11.7 Å². The molecule has 3 heterocycles. The summed E-state index contributed by atoms with van der Waals surface area (Å²) in [6.45, 7) is 2.44. The van der Waals surface area contributed by atoms with Gasteiger partial charge in [0.25, 0.3) is 0 Å². The maximum atomic E-state index is 6.19. The van der Waals surface area contributed by atoms with Crippen molar-refractivity contribution in [2.75, 3.05) is 6.61 Å². The molecule has 136 valence electrons. The standard InChI is InChI=1S/C21H21N5O/c1-14-20-10-16(2-3-21(20)26-25-14)17-9-19(12-24-11-17)27-13-18(22)8-15-4-6-23-7-5-15/h2-7,9-12,18H,8,13,22H2,1H3,(H,25,26)/t18-/m0/s1. The van der Waals surface area contributed by atoms with Crippen molar-refractivity contribution >= 4 is 10.9 Å². The zero-order chi connectivity index (χ0) is 18.6. The molecule has 0 aliphatic rings. The van der Waals surface area contributed by atoms with Crippen LogP contribution in [0.4, 0.5) is 0 Å². The Morgan fingerprint density at radius 1 is 1.04 bits per heavy atom. The van der Waals surface area contributed by atoms with Crippen LogP contribution in [0.1, 0.15) is 11.3 Å². The summed E-state index contributed by atoms with van der Waals surface area (Å²) in [6, 6.07) is 12.0. The highest BCUT2D eigenvalue weighted by molar-refractivity contribution is 5.86. The molecule has 6 nitrogen and oxygen atoms in total. The van der Waals surface area contributed by atoms with Crippen molar-refractivity contribution in [1.29, 1.82) is 0 Å². The van der Waals surface area contributed by atoms with E-state index in [0.717, 1.165) is 39.7 Å². The van der Waals surface area contributed by atoms with Gasteiger partial charge >= 0.3 is 0 Å². The number of hydrogen-bond donors (Lipinski definition) is 2. The van der Waals surface area contributed by atoms with Gasteiger partial charge in [-0.05, 0) is 54.8 Å². The molecule has 0 unspecified atom stereocenters. The van der Waals surface area contributed by atoms with Crippen LogP contribution in [0, 0.1) is 6.92 Å². The molecule has 0 aliphatic heterocycles. The number of hydrogen-bond acceptors (Lipinski definition) is 5. The number of nitrogens with zero attached hydrogens (tertiary/aromatic N) is 3. The number of aryl methyl sites for hydroxylation is 1. The van der Waals surface area contributed by atoms with E-state index in [1.165, 1.54) is 0 Å². The molecule has 4 rings (SSSR count). The Morgan fingerprint density at radius 3 is 2.74 bits per heavy atom. The summed E-state index contributed by atoms with van der Waals surface area (Å²) in [5.74, 6) is 0.710. The largest absolute Gasteiger partial charge is 0.490 e. The maximum Gasteiger partial charge on any atom is 0.138 e. The van der Waals surface area contributed by atoms with Crippen LogP contribution in [0.5, 0.6) is 5.75 Å². The second-order valence-electron chi connectivity index (χ2n) is 6.62. The van der Waals surface area contributed by atoms with E-state index in [-0.39, 0.29) is 6.04 Å². The van der Waals surface area contributed by atoms with Crippen LogP contribution < -0.4 is 10.5 Å². The SMILES string of the molecule is Cc1[nH]nc2ccc(-c3cncc(OC[C@@H](N)Cc4ccncc4)c3)cc12. The number of aromatic nitrogens is 4. The lowest BCUT2D eigenvalue weighted by atomic mass is 10.0. The Kier molecular flexibility index (Phi) is 4.80. The first-order valence-electron chi connectivity index (χ1n) is 8.86. The van der Waals surface area contributed by atoms with E-state index >= 15 is 0 Å². The molecule has 0 saturated heterocycles. The Morgan fingerprint density at radius 2 is 1.89 bits per heavy atom. The van der Waals surface area contributed by atoms with E-state index in [9.17, 15) is 0 Å². The van der Waals surface area contributed by atoms with E-state index in [1.54, 1.807) is 18.6 Å². The number of ether oxygens (including phenoxy) is 1. The van der Waals surface area contributed by atoms with E-state index in [0.29, 0.717) is 12.4 Å². The second-order valence-corrected chi connectivity index (χ2v) is 6.62. The summed E-state index contributed by atoms with van der Waals surface area (Å²) in [5.41, 5.74) is 11.4. The first-order chi connectivity index (χ1) is 13.2. The molecule has 0 amide bonds. The number of fused-ring (bicyclic) bond motifs is 1. The number of aromatic amines is 1. The van der Waals surface area contributed by atoms with Gasteiger partial charge in [0.15, 0.2) is 0 Å². The Bertz CT molecular complexity index is 1040. The third kappa shape index (κ3) is 3.96. The predicted octanol–water partition coefficient (Wildman–Crippen LogP) is 3.28. The molecule has 0 fully saturated rings. The third-order valence-corrected chi connectivity index (χ3v) is 4.50. The number of benzene rings is 1. The zero-order valence-corrected chi connectivity index (χ0v) is 15.1. The molecule has 0 aliphatic carbocycles. The molecule has 0 saturated carbocycles. The van der Waals surface area contributed by atoms with Gasteiger partial charge in [0.1, 0.15) is 12.4 Å². The van der Waals surface area contributed by atoms with Crippen molar-refractivity contribution in [3.63, 3.8) is 0 Å². The van der Waals surface area contributed by atoms with Gasteiger partial charge in [-0.1, -0.05) is 6.07 Å². The fourth-order valence-corrected chi connectivity index (χ4v) is 3.06. The first kappa shape index (κ1) is 17.2. The van der Waals surface area contributed by atoms with Crippen molar-refractivity contribution in [2.45, 2.75) is 19.4 Å². The summed E-state index contributed by atoms with van der Waals surface area (Å²) in [6.07, 6.45) is 7.83. The topological polar surface area (TPSA) is 89.7 Å². The van der Waals surface area contributed by atoms with Gasteiger partial charge in [0.2, 0.25) is 0 Å². The van der Waals surface area contributed by atoms with Gasteiger partial charge in [-0.25, -0.2) is 0 Å². The number of pyridine rings is 2. The number of rotatable bonds is 6. The molecular weight excluding hydrogens is 338 g/mol. The molecule has 3 aromatic heterocycles. The second kappa shape index (κ2) is 7.55. The van der Waals surface area contributed by atoms with Crippen LogP contribution in [-0.2, 0) is 6.42 Å². The van der Waals surface area contributed by atoms with Crippen molar-refractivity contribution < 1.29 is 4.74 Å². The van der Waals surface area contributed by atoms with Crippen LogP contribution >= 0.6 is 0 Å². The molecule has 4 aromatic rings. The number of nitrogens with one attached hydrogen (secondary N) is 1.